The van der Waals surface area contributed by atoms with Gasteiger partial charge in [0.15, 0.2) is 0 Å². The van der Waals surface area contributed by atoms with E-state index >= 15 is 0 Å². The molecule has 0 heterocycles. The molecule has 0 aromatic carbocycles. The van der Waals surface area contributed by atoms with Crippen molar-refractivity contribution in [3.8, 4) is 0 Å². The van der Waals surface area contributed by atoms with Crippen molar-refractivity contribution in [1.82, 2.24) is 0 Å². The second kappa shape index (κ2) is 5.47. The number of allylic oxidation sites excluding steroid dienone is 5. The van der Waals surface area contributed by atoms with Gasteiger partial charge in [-0.3, -0.25) is 4.79 Å². The minimum Gasteiger partial charge on any atom is -0.298 e. The van der Waals surface area contributed by atoms with E-state index in [2.05, 4.69) is 6.58 Å². The Morgan fingerprint density at radius 3 is 2.42 bits per heavy atom. The minimum absolute atomic E-state index is 0.454. The van der Waals surface area contributed by atoms with Crippen LogP contribution in [0.4, 0.5) is 4.39 Å². The summed E-state index contributed by atoms with van der Waals surface area (Å²) in [6, 6.07) is 0. The van der Waals surface area contributed by atoms with Gasteiger partial charge < -0.3 is 0 Å². The fraction of sp³-hybridized carbons (Fsp3) is 0.300. The van der Waals surface area contributed by atoms with Crippen molar-refractivity contribution in [2.75, 3.05) is 0 Å². The maximum absolute atomic E-state index is 12.5. The van der Waals surface area contributed by atoms with Gasteiger partial charge >= 0.3 is 0 Å². The molecule has 0 aliphatic heterocycles. The van der Waals surface area contributed by atoms with Gasteiger partial charge in [-0.25, -0.2) is 4.39 Å². The summed E-state index contributed by atoms with van der Waals surface area (Å²) in [6.07, 6.45) is 4.26. The van der Waals surface area contributed by atoms with Gasteiger partial charge in [-0.15, -0.1) is 0 Å². The Hall–Kier alpha value is -1.18. The van der Waals surface area contributed by atoms with E-state index in [4.69, 9.17) is 0 Å². The van der Waals surface area contributed by atoms with Gasteiger partial charge in [-0.1, -0.05) is 24.8 Å². The topological polar surface area (TPSA) is 17.1 Å². The molecule has 0 radical (unpaired) electrons. The van der Waals surface area contributed by atoms with E-state index in [9.17, 15) is 9.18 Å². The highest BCUT2D eigenvalue weighted by atomic mass is 19.1. The first-order valence-corrected chi connectivity index (χ1v) is 3.72. The third-order valence-electron chi connectivity index (χ3n) is 1.54. The van der Waals surface area contributed by atoms with E-state index in [-0.39, 0.29) is 0 Å². The summed E-state index contributed by atoms with van der Waals surface area (Å²) in [7, 11) is 0. The summed E-state index contributed by atoms with van der Waals surface area (Å²) in [5, 5.41) is 0. The van der Waals surface area contributed by atoms with Gasteiger partial charge in [-0.2, -0.15) is 0 Å². The monoisotopic (exact) mass is 168 g/mol. The Labute approximate surface area is 72.3 Å². The number of hydrogen-bond donors (Lipinski definition) is 0. The van der Waals surface area contributed by atoms with Crippen LogP contribution < -0.4 is 0 Å². The van der Waals surface area contributed by atoms with E-state index < -0.39 is 6.17 Å². The Bertz CT molecular complexity index is 214. The van der Waals surface area contributed by atoms with Crippen LogP contribution >= 0.6 is 0 Å². The first-order chi connectivity index (χ1) is 5.61. The zero-order valence-electron chi connectivity index (χ0n) is 7.38. The van der Waals surface area contributed by atoms with E-state index in [0.717, 1.165) is 0 Å². The first-order valence-electron chi connectivity index (χ1n) is 3.72. The maximum Gasteiger partial charge on any atom is 0.150 e. The van der Waals surface area contributed by atoms with Crippen LogP contribution in [0.3, 0.4) is 0 Å². The van der Waals surface area contributed by atoms with Crippen molar-refractivity contribution < 1.29 is 9.18 Å². The lowest BCUT2D eigenvalue weighted by atomic mass is 10.1. The molecule has 0 saturated heterocycles. The van der Waals surface area contributed by atoms with Gasteiger partial charge in [0.25, 0.3) is 0 Å². The Kier molecular flexibility index (Phi) is 4.93. The van der Waals surface area contributed by atoms with Crippen LogP contribution in [0.5, 0.6) is 0 Å². The SMILES string of the molecule is C=C/C(C=O)=C\C=C(/C)C(C)F. The van der Waals surface area contributed by atoms with Gasteiger partial charge in [0, 0.05) is 5.57 Å². The second-order valence-corrected chi connectivity index (χ2v) is 2.52. The largest absolute Gasteiger partial charge is 0.298 e. The molecule has 2 heteroatoms. The number of hydrogen-bond acceptors (Lipinski definition) is 1. The number of rotatable bonds is 4. The first kappa shape index (κ1) is 10.8. The van der Waals surface area contributed by atoms with Crippen molar-refractivity contribution >= 4 is 6.29 Å². The molecule has 0 aromatic heterocycles. The molecular formula is C10H13FO. The van der Waals surface area contributed by atoms with Crippen LogP contribution in [0.2, 0.25) is 0 Å². The zero-order chi connectivity index (χ0) is 9.56. The molecule has 0 saturated carbocycles. The Balaban J connectivity index is 4.44. The number of carbonyl (C=O) groups excluding carboxylic acids is 1. The van der Waals surface area contributed by atoms with E-state index in [0.29, 0.717) is 17.4 Å². The summed E-state index contributed by atoms with van der Waals surface area (Å²) in [5.41, 5.74) is 1.05. The molecule has 1 unspecified atom stereocenters. The summed E-state index contributed by atoms with van der Waals surface area (Å²) in [5.74, 6) is 0. The molecule has 12 heavy (non-hydrogen) atoms. The van der Waals surface area contributed by atoms with Crippen molar-refractivity contribution in [1.29, 1.82) is 0 Å². The molecule has 0 spiro atoms. The lowest BCUT2D eigenvalue weighted by molar-refractivity contribution is -0.104. The lowest BCUT2D eigenvalue weighted by Gasteiger charge is -1.98. The molecule has 1 nitrogen and oxygen atoms in total. The molecule has 0 aliphatic carbocycles. The quantitative estimate of drug-likeness (QED) is 0.358. The van der Waals surface area contributed by atoms with Crippen molar-refractivity contribution in [2.45, 2.75) is 20.0 Å². The van der Waals surface area contributed by atoms with Gasteiger partial charge in [0.05, 0.1) is 0 Å². The highest BCUT2D eigenvalue weighted by molar-refractivity contribution is 5.77. The van der Waals surface area contributed by atoms with Gasteiger partial charge in [-0.05, 0) is 19.4 Å². The average molecular weight is 168 g/mol. The summed E-state index contributed by atoms with van der Waals surface area (Å²) in [4.78, 5) is 10.3. The van der Waals surface area contributed by atoms with E-state index in [1.165, 1.54) is 13.0 Å². The fourth-order valence-electron chi connectivity index (χ4n) is 0.516. The van der Waals surface area contributed by atoms with Crippen LogP contribution in [0, 0.1) is 0 Å². The third-order valence-corrected chi connectivity index (χ3v) is 1.54. The highest BCUT2D eigenvalue weighted by Crippen LogP contribution is 2.05. The normalized spacial score (nSPS) is 15.6. The smallest absolute Gasteiger partial charge is 0.150 e. The van der Waals surface area contributed by atoms with E-state index in [1.54, 1.807) is 19.1 Å². The molecule has 0 rings (SSSR count). The molecule has 0 N–H and O–H groups in total. The number of carbonyl (C=O) groups is 1. The standard InChI is InChI=1S/C10H13FO/c1-4-10(7-12)6-5-8(2)9(3)11/h4-7,9H,1H2,2-3H3/b8-5+,10-6+. The van der Waals surface area contributed by atoms with Crippen LogP contribution in [-0.2, 0) is 4.79 Å². The molecule has 66 valence electrons. The maximum atomic E-state index is 12.5. The fourth-order valence-corrected chi connectivity index (χ4v) is 0.516. The molecule has 0 fully saturated rings. The summed E-state index contributed by atoms with van der Waals surface area (Å²) >= 11 is 0. The second-order valence-electron chi connectivity index (χ2n) is 2.52. The van der Waals surface area contributed by atoms with Crippen molar-refractivity contribution in [2.24, 2.45) is 0 Å². The summed E-state index contributed by atoms with van der Waals surface area (Å²) < 4.78 is 12.5. The molecule has 0 amide bonds. The van der Waals surface area contributed by atoms with E-state index in [1.807, 2.05) is 0 Å². The molecule has 0 aliphatic rings. The number of alkyl halides is 1. The zero-order valence-corrected chi connectivity index (χ0v) is 7.38. The predicted molar refractivity (Wildman–Crippen MR) is 48.7 cm³/mol. The number of halogens is 1. The van der Waals surface area contributed by atoms with Crippen LogP contribution in [0.1, 0.15) is 13.8 Å². The van der Waals surface area contributed by atoms with Crippen LogP contribution in [0.25, 0.3) is 0 Å². The minimum atomic E-state index is -0.973. The molecule has 1 atom stereocenters. The Morgan fingerprint density at radius 1 is 1.50 bits per heavy atom. The third kappa shape index (κ3) is 3.86. The van der Waals surface area contributed by atoms with Gasteiger partial charge in [0.2, 0.25) is 0 Å². The molecule has 0 bridgehead atoms. The van der Waals surface area contributed by atoms with Gasteiger partial charge in [0.1, 0.15) is 12.5 Å². The highest BCUT2D eigenvalue weighted by Gasteiger charge is 1.97. The molecular weight excluding hydrogens is 155 g/mol. The predicted octanol–water partition coefficient (Wildman–Crippen LogP) is 2.60. The summed E-state index contributed by atoms with van der Waals surface area (Å²) in [6.45, 7) is 6.56. The number of aldehydes is 1. The Morgan fingerprint density at radius 2 is 2.08 bits per heavy atom. The molecule has 0 aromatic rings. The van der Waals surface area contributed by atoms with Crippen molar-refractivity contribution in [3.05, 3.63) is 36.0 Å². The van der Waals surface area contributed by atoms with Crippen molar-refractivity contribution in [3.63, 3.8) is 0 Å². The van der Waals surface area contributed by atoms with Crippen LogP contribution in [0.15, 0.2) is 36.0 Å². The lowest BCUT2D eigenvalue weighted by Crippen LogP contribution is -1.92. The average Bonchev–Trinajstić information content (AvgIpc) is 2.05. The van der Waals surface area contributed by atoms with Crippen LogP contribution in [-0.4, -0.2) is 12.5 Å².